The molecule has 1 amide bonds. The highest BCUT2D eigenvalue weighted by Crippen LogP contribution is 2.00. The van der Waals surface area contributed by atoms with Gasteiger partial charge < -0.3 is 29.5 Å². The third-order valence-corrected chi connectivity index (χ3v) is 5.93. The van der Waals surface area contributed by atoms with Crippen LogP contribution in [0, 0.1) is 0 Å². The third-order valence-electron chi connectivity index (χ3n) is 5.93. The Morgan fingerprint density at radius 3 is 1.48 bits per heavy atom. The summed E-state index contributed by atoms with van der Waals surface area (Å²) in [6, 6.07) is 0. The van der Waals surface area contributed by atoms with Crippen LogP contribution in [0.1, 0.15) is 34.1 Å². The number of nitrogens with one attached hydrogen (secondary N) is 1. The van der Waals surface area contributed by atoms with E-state index in [9.17, 15) is 4.79 Å². The zero-order chi connectivity index (χ0) is 22.7. The van der Waals surface area contributed by atoms with E-state index >= 15 is 0 Å². The van der Waals surface area contributed by atoms with Crippen molar-refractivity contribution in [3.05, 3.63) is 0 Å². The van der Waals surface area contributed by atoms with E-state index in [-0.39, 0.29) is 5.91 Å². The fraction of sp³-hybridized carbons (Fsp3) is 0.957. The monoisotopic (exact) mass is 443 g/mol. The maximum atomic E-state index is 12.5. The average Bonchev–Trinajstić information content (AvgIpc) is 2.77. The second-order valence-corrected chi connectivity index (χ2v) is 8.15. The predicted octanol–water partition coefficient (Wildman–Crippen LogP) is 0.827. The summed E-state index contributed by atoms with van der Waals surface area (Å²) in [5, 5.41) is 3.00. The lowest BCUT2D eigenvalue weighted by Crippen LogP contribution is -2.48. The summed E-state index contributed by atoms with van der Waals surface area (Å²) in [5.74, 6) is 0.0844. The molecule has 0 unspecified atom stereocenters. The molecule has 1 rings (SSSR count). The fourth-order valence-corrected chi connectivity index (χ4v) is 3.67. The minimum Gasteiger partial charge on any atom is -0.379 e. The summed E-state index contributed by atoms with van der Waals surface area (Å²) in [4.78, 5) is 22.3. The smallest absolute Gasteiger partial charge is 0.234 e. The van der Waals surface area contributed by atoms with Gasteiger partial charge in [-0.15, -0.1) is 0 Å². The molecule has 184 valence electrons. The molecule has 8 nitrogen and oxygen atoms in total. The number of likely N-dealkylation sites (N-methyl/N-ethyl adjacent to an activating group) is 3. The highest BCUT2D eigenvalue weighted by Gasteiger charge is 2.16. The summed E-state index contributed by atoms with van der Waals surface area (Å²) in [7, 11) is 0. The molecule has 1 heterocycles. The second kappa shape index (κ2) is 18.8. The Hall–Kier alpha value is -0.770. The number of rotatable bonds is 13. The summed E-state index contributed by atoms with van der Waals surface area (Å²) in [6.07, 6.45) is 1.02. The molecular formula is C23H49N5O3. The van der Waals surface area contributed by atoms with Gasteiger partial charge in [0.05, 0.1) is 26.4 Å². The molecule has 1 saturated heterocycles. The number of amides is 1. The van der Waals surface area contributed by atoms with Gasteiger partial charge in [-0.2, -0.15) is 0 Å². The number of hydrogen-bond donors (Lipinski definition) is 1. The van der Waals surface area contributed by atoms with Crippen molar-refractivity contribution in [3.8, 4) is 0 Å². The van der Waals surface area contributed by atoms with Gasteiger partial charge in [0.25, 0.3) is 0 Å². The van der Waals surface area contributed by atoms with Gasteiger partial charge in [0.2, 0.25) is 5.91 Å². The molecular weight excluding hydrogens is 394 g/mol. The minimum atomic E-state index is 0.0844. The number of ether oxygens (including phenoxy) is 2. The Bertz CT molecular complexity index is 421. The standard InChI is InChI=1S/C23H49N5O3/c1-5-18-30-20-21-31-19-9-24-23(29)22-28-16-14-26(7-3)12-10-25(6-2)11-13-27(8-4)15-17-28/h5-22H2,1-4H3,(H,24,29). The lowest BCUT2D eigenvalue weighted by atomic mass is 10.3. The first-order valence-electron chi connectivity index (χ1n) is 12.4. The molecule has 1 aliphatic heterocycles. The maximum absolute atomic E-state index is 12.5. The van der Waals surface area contributed by atoms with E-state index in [1.165, 1.54) is 0 Å². The van der Waals surface area contributed by atoms with Gasteiger partial charge in [-0.1, -0.05) is 27.7 Å². The zero-order valence-corrected chi connectivity index (χ0v) is 20.7. The van der Waals surface area contributed by atoms with E-state index in [0.717, 1.165) is 85.0 Å². The molecule has 0 aromatic heterocycles. The van der Waals surface area contributed by atoms with Crippen LogP contribution in [0.3, 0.4) is 0 Å². The Balaban J connectivity index is 2.42. The van der Waals surface area contributed by atoms with Crippen LogP contribution < -0.4 is 5.32 Å². The first kappa shape index (κ1) is 28.3. The fourth-order valence-electron chi connectivity index (χ4n) is 3.67. The van der Waals surface area contributed by atoms with Crippen LogP contribution in [0.15, 0.2) is 0 Å². The van der Waals surface area contributed by atoms with Crippen molar-refractivity contribution < 1.29 is 14.3 Å². The van der Waals surface area contributed by atoms with E-state index in [2.05, 4.69) is 52.6 Å². The van der Waals surface area contributed by atoms with Crippen molar-refractivity contribution in [2.75, 3.05) is 112 Å². The van der Waals surface area contributed by atoms with Crippen molar-refractivity contribution in [2.24, 2.45) is 0 Å². The molecule has 0 aromatic carbocycles. The molecule has 8 heteroatoms. The predicted molar refractivity (Wildman–Crippen MR) is 128 cm³/mol. The number of carbonyl (C=O) groups is 1. The molecule has 0 bridgehead atoms. The molecule has 0 aromatic rings. The SMILES string of the molecule is CCCOCCOCCNC(=O)CN1CCN(CC)CCN(CC)CCN(CC)CC1. The van der Waals surface area contributed by atoms with Gasteiger partial charge in [-0.3, -0.25) is 9.69 Å². The van der Waals surface area contributed by atoms with Gasteiger partial charge in [0.15, 0.2) is 0 Å². The molecule has 31 heavy (non-hydrogen) atoms. The lowest BCUT2D eigenvalue weighted by molar-refractivity contribution is -0.122. The number of hydrogen-bond acceptors (Lipinski definition) is 7. The van der Waals surface area contributed by atoms with Crippen LogP contribution >= 0.6 is 0 Å². The van der Waals surface area contributed by atoms with Crippen molar-refractivity contribution in [3.63, 3.8) is 0 Å². The Morgan fingerprint density at radius 2 is 1.06 bits per heavy atom. The van der Waals surface area contributed by atoms with E-state index in [1.807, 2.05) is 0 Å². The zero-order valence-electron chi connectivity index (χ0n) is 20.7. The van der Waals surface area contributed by atoms with Gasteiger partial charge in [-0.05, 0) is 26.1 Å². The van der Waals surface area contributed by atoms with Crippen molar-refractivity contribution in [2.45, 2.75) is 34.1 Å². The van der Waals surface area contributed by atoms with Crippen LogP contribution in [0.5, 0.6) is 0 Å². The Kier molecular flexibility index (Phi) is 17.1. The summed E-state index contributed by atoms with van der Waals surface area (Å²) >= 11 is 0. The van der Waals surface area contributed by atoms with Gasteiger partial charge >= 0.3 is 0 Å². The maximum Gasteiger partial charge on any atom is 0.234 e. The summed E-state index contributed by atoms with van der Waals surface area (Å²) in [5.41, 5.74) is 0. The molecule has 1 N–H and O–H groups in total. The number of carbonyl (C=O) groups excluding carboxylic acids is 1. The van der Waals surface area contributed by atoms with Gasteiger partial charge in [0, 0.05) is 65.5 Å². The molecule has 1 fully saturated rings. The Morgan fingerprint density at radius 1 is 0.645 bits per heavy atom. The Labute approximate surface area is 191 Å². The second-order valence-electron chi connectivity index (χ2n) is 8.15. The highest BCUT2D eigenvalue weighted by atomic mass is 16.5. The highest BCUT2D eigenvalue weighted by molar-refractivity contribution is 5.77. The van der Waals surface area contributed by atoms with Crippen LogP contribution in [0.2, 0.25) is 0 Å². The first-order valence-corrected chi connectivity index (χ1v) is 12.4. The topological polar surface area (TPSA) is 60.5 Å². The largest absolute Gasteiger partial charge is 0.379 e. The molecule has 0 radical (unpaired) electrons. The van der Waals surface area contributed by atoms with Crippen molar-refractivity contribution in [1.29, 1.82) is 0 Å². The third kappa shape index (κ3) is 14.1. The van der Waals surface area contributed by atoms with Crippen LogP contribution in [0.4, 0.5) is 0 Å². The van der Waals surface area contributed by atoms with E-state index in [4.69, 9.17) is 9.47 Å². The molecule has 0 spiro atoms. The van der Waals surface area contributed by atoms with E-state index in [0.29, 0.717) is 32.9 Å². The molecule has 0 aliphatic carbocycles. The summed E-state index contributed by atoms with van der Waals surface area (Å²) in [6.45, 7) is 23.8. The van der Waals surface area contributed by atoms with Crippen molar-refractivity contribution >= 4 is 5.91 Å². The molecule has 0 atom stereocenters. The average molecular weight is 444 g/mol. The molecule has 0 saturated carbocycles. The first-order chi connectivity index (χ1) is 15.1. The van der Waals surface area contributed by atoms with Gasteiger partial charge in [-0.25, -0.2) is 0 Å². The minimum absolute atomic E-state index is 0.0844. The quantitative estimate of drug-likeness (QED) is 0.423. The number of nitrogens with zero attached hydrogens (tertiary/aromatic N) is 4. The van der Waals surface area contributed by atoms with E-state index < -0.39 is 0 Å². The van der Waals surface area contributed by atoms with Gasteiger partial charge in [0.1, 0.15) is 0 Å². The summed E-state index contributed by atoms with van der Waals surface area (Å²) < 4.78 is 10.9. The van der Waals surface area contributed by atoms with Crippen LogP contribution in [-0.2, 0) is 14.3 Å². The lowest BCUT2D eigenvalue weighted by Gasteiger charge is -2.33. The molecule has 1 aliphatic rings. The van der Waals surface area contributed by atoms with E-state index in [1.54, 1.807) is 0 Å². The van der Waals surface area contributed by atoms with Crippen LogP contribution in [0.25, 0.3) is 0 Å². The normalized spacial score (nSPS) is 19.1. The van der Waals surface area contributed by atoms with Crippen LogP contribution in [-0.4, -0.2) is 137 Å². The van der Waals surface area contributed by atoms with Crippen molar-refractivity contribution in [1.82, 2.24) is 24.9 Å².